The number of rotatable bonds is 4. The summed E-state index contributed by atoms with van der Waals surface area (Å²) in [6, 6.07) is 0. The van der Waals surface area contributed by atoms with Gasteiger partial charge in [-0.1, -0.05) is 6.92 Å². The molecule has 0 heterocycles. The smallest absolute Gasteiger partial charge is 0.0972 e. The van der Waals surface area contributed by atoms with Gasteiger partial charge >= 0.3 is 0 Å². The fraction of sp³-hybridized carbons (Fsp3) is 1.00. The van der Waals surface area contributed by atoms with Gasteiger partial charge in [0.1, 0.15) is 0 Å². The van der Waals surface area contributed by atoms with Crippen LogP contribution in [0.1, 0.15) is 48.0 Å². The van der Waals surface area contributed by atoms with Gasteiger partial charge in [-0.25, -0.2) is 4.89 Å². The molecule has 0 spiro atoms. The van der Waals surface area contributed by atoms with Crippen LogP contribution in [0.2, 0.25) is 0 Å². The van der Waals surface area contributed by atoms with Crippen molar-refractivity contribution >= 4 is 0 Å². The highest BCUT2D eigenvalue weighted by molar-refractivity contribution is 4.69. The Kier molecular flexibility index (Phi) is 4.17. The third-order valence-corrected chi connectivity index (χ3v) is 1.49. The van der Waals surface area contributed by atoms with E-state index in [-0.39, 0.29) is 11.1 Å². The van der Waals surface area contributed by atoms with Crippen molar-refractivity contribution in [3.05, 3.63) is 0 Å². The van der Waals surface area contributed by atoms with E-state index in [1.165, 1.54) is 0 Å². The van der Waals surface area contributed by atoms with E-state index in [2.05, 4.69) is 26.3 Å². The largest absolute Gasteiger partial charge is 0.212 e. The standard InChI is InChI=1S/C9H21NO2/c1-7-9(5,6)10-12-11-8(2,3)4/h10H,7H2,1-6H3. The van der Waals surface area contributed by atoms with Crippen LogP contribution >= 0.6 is 0 Å². The van der Waals surface area contributed by atoms with Crippen molar-refractivity contribution in [1.29, 1.82) is 0 Å². The number of hydroxylamine groups is 1. The SMILES string of the molecule is CCC(C)(C)NOOC(C)(C)C. The molecule has 0 fully saturated rings. The maximum atomic E-state index is 5.06. The minimum atomic E-state index is -0.267. The Morgan fingerprint density at radius 3 is 1.92 bits per heavy atom. The second-order valence-corrected chi connectivity index (χ2v) is 4.62. The van der Waals surface area contributed by atoms with Crippen molar-refractivity contribution in [2.24, 2.45) is 0 Å². The fourth-order valence-corrected chi connectivity index (χ4v) is 0.331. The van der Waals surface area contributed by atoms with E-state index in [0.29, 0.717) is 0 Å². The Bertz CT molecular complexity index is 127. The third kappa shape index (κ3) is 6.58. The van der Waals surface area contributed by atoms with Crippen molar-refractivity contribution in [1.82, 2.24) is 5.48 Å². The molecule has 0 saturated heterocycles. The van der Waals surface area contributed by atoms with Crippen LogP contribution in [0.4, 0.5) is 0 Å². The van der Waals surface area contributed by atoms with E-state index in [1.54, 1.807) is 0 Å². The molecule has 0 aliphatic heterocycles. The zero-order chi connectivity index (χ0) is 9.83. The molecule has 3 heteroatoms. The molecule has 0 aromatic carbocycles. The molecular weight excluding hydrogens is 154 g/mol. The summed E-state index contributed by atoms with van der Waals surface area (Å²) in [5.74, 6) is 0. The highest BCUT2D eigenvalue weighted by Gasteiger charge is 2.17. The second-order valence-electron chi connectivity index (χ2n) is 4.62. The molecular formula is C9H21NO2. The predicted octanol–water partition coefficient (Wildman–Crippen LogP) is 2.43. The molecule has 0 rings (SSSR count). The number of nitrogens with one attached hydrogen (secondary N) is 1. The maximum absolute atomic E-state index is 5.06. The van der Waals surface area contributed by atoms with Crippen LogP contribution in [-0.4, -0.2) is 11.1 Å². The highest BCUT2D eigenvalue weighted by Crippen LogP contribution is 2.10. The van der Waals surface area contributed by atoms with Crippen LogP contribution in [0, 0.1) is 0 Å². The summed E-state index contributed by atoms with van der Waals surface area (Å²) >= 11 is 0. The first kappa shape index (κ1) is 11.9. The van der Waals surface area contributed by atoms with Crippen LogP contribution in [0.15, 0.2) is 0 Å². The van der Waals surface area contributed by atoms with Crippen molar-refractivity contribution in [3.63, 3.8) is 0 Å². The summed E-state index contributed by atoms with van der Waals surface area (Å²) in [5, 5.41) is 0. The first-order chi connectivity index (χ1) is 5.27. The fourth-order valence-electron chi connectivity index (χ4n) is 0.331. The van der Waals surface area contributed by atoms with E-state index >= 15 is 0 Å². The molecule has 0 unspecified atom stereocenters. The van der Waals surface area contributed by atoms with Gasteiger partial charge in [0.15, 0.2) is 0 Å². The van der Waals surface area contributed by atoms with Gasteiger partial charge < -0.3 is 0 Å². The predicted molar refractivity (Wildman–Crippen MR) is 49.4 cm³/mol. The van der Waals surface area contributed by atoms with E-state index in [9.17, 15) is 0 Å². The molecule has 0 aliphatic rings. The van der Waals surface area contributed by atoms with Crippen molar-refractivity contribution in [2.45, 2.75) is 59.1 Å². The Hall–Kier alpha value is -0.120. The summed E-state index contributed by atoms with van der Waals surface area (Å²) in [7, 11) is 0. The van der Waals surface area contributed by atoms with Crippen LogP contribution in [0.3, 0.4) is 0 Å². The third-order valence-electron chi connectivity index (χ3n) is 1.49. The Morgan fingerprint density at radius 1 is 1.08 bits per heavy atom. The molecule has 3 nitrogen and oxygen atoms in total. The van der Waals surface area contributed by atoms with E-state index in [1.807, 2.05) is 20.8 Å². The normalized spacial score (nSPS) is 13.5. The minimum absolute atomic E-state index is 0.0365. The zero-order valence-electron chi connectivity index (χ0n) is 9.02. The van der Waals surface area contributed by atoms with E-state index < -0.39 is 0 Å². The zero-order valence-corrected chi connectivity index (χ0v) is 9.02. The average molecular weight is 175 g/mol. The van der Waals surface area contributed by atoms with Gasteiger partial charge in [-0.3, -0.25) is 0 Å². The van der Waals surface area contributed by atoms with Gasteiger partial charge in [0, 0.05) is 5.54 Å². The number of hydrogen-bond donors (Lipinski definition) is 1. The molecule has 0 aliphatic carbocycles. The molecule has 12 heavy (non-hydrogen) atoms. The van der Waals surface area contributed by atoms with Gasteiger partial charge in [-0.2, -0.15) is 5.48 Å². The van der Waals surface area contributed by atoms with Gasteiger partial charge in [-0.05, 0) is 41.0 Å². The topological polar surface area (TPSA) is 30.5 Å². The minimum Gasteiger partial charge on any atom is -0.212 e. The van der Waals surface area contributed by atoms with E-state index in [4.69, 9.17) is 9.88 Å². The molecule has 0 saturated carbocycles. The van der Waals surface area contributed by atoms with Gasteiger partial charge in [0.25, 0.3) is 0 Å². The Morgan fingerprint density at radius 2 is 1.58 bits per heavy atom. The summed E-state index contributed by atoms with van der Waals surface area (Å²) in [4.78, 5) is 9.96. The van der Waals surface area contributed by atoms with E-state index in [0.717, 1.165) is 6.42 Å². The highest BCUT2D eigenvalue weighted by atomic mass is 17.3. The van der Waals surface area contributed by atoms with Crippen LogP contribution < -0.4 is 5.48 Å². The molecule has 0 atom stereocenters. The lowest BCUT2D eigenvalue weighted by molar-refractivity contribution is -0.394. The summed E-state index contributed by atoms with van der Waals surface area (Å²) < 4.78 is 0. The Labute approximate surface area is 75.3 Å². The summed E-state index contributed by atoms with van der Waals surface area (Å²) in [6.45, 7) is 12.0. The lowest BCUT2D eigenvalue weighted by Crippen LogP contribution is -2.40. The first-order valence-corrected chi connectivity index (χ1v) is 4.39. The van der Waals surface area contributed by atoms with Crippen LogP contribution in [0.5, 0.6) is 0 Å². The van der Waals surface area contributed by atoms with Crippen molar-refractivity contribution in [3.8, 4) is 0 Å². The molecule has 0 amide bonds. The molecule has 74 valence electrons. The summed E-state index contributed by atoms with van der Waals surface area (Å²) in [6.07, 6.45) is 0.987. The molecule has 1 N–H and O–H groups in total. The lowest BCUT2D eigenvalue weighted by Gasteiger charge is -2.25. The Balaban J connectivity index is 3.57. The maximum Gasteiger partial charge on any atom is 0.0972 e. The monoisotopic (exact) mass is 175 g/mol. The average Bonchev–Trinajstić information content (AvgIpc) is 1.84. The molecule has 0 radical (unpaired) electrons. The second kappa shape index (κ2) is 4.21. The first-order valence-electron chi connectivity index (χ1n) is 4.39. The van der Waals surface area contributed by atoms with Crippen LogP contribution in [-0.2, 0) is 9.88 Å². The number of hydrogen-bond acceptors (Lipinski definition) is 3. The van der Waals surface area contributed by atoms with Gasteiger partial charge in [0.05, 0.1) is 5.60 Å². The quantitative estimate of drug-likeness (QED) is 0.526. The summed E-state index contributed by atoms with van der Waals surface area (Å²) in [5.41, 5.74) is 2.54. The molecule has 0 aromatic heterocycles. The van der Waals surface area contributed by atoms with Gasteiger partial charge in [-0.15, -0.1) is 4.99 Å². The lowest BCUT2D eigenvalue weighted by atomic mass is 10.0. The molecule has 0 aromatic rings. The molecule has 0 bridgehead atoms. The van der Waals surface area contributed by atoms with Crippen molar-refractivity contribution < 1.29 is 9.88 Å². The van der Waals surface area contributed by atoms with Crippen molar-refractivity contribution in [2.75, 3.05) is 0 Å². The van der Waals surface area contributed by atoms with Gasteiger partial charge in [0.2, 0.25) is 0 Å². The van der Waals surface area contributed by atoms with Crippen LogP contribution in [0.25, 0.3) is 0 Å².